The van der Waals surface area contributed by atoms with Gasteiger partial charge in [-0.1, -0.05) is 35.3 Å². The van der Waals surface area contributed by atoms with Crippen molar-refractivity contribution >= 4 is 49.7 Å². The van der Waals surface area contributed by atoms with Crippen LogP contribution in [0.15, 0.2) is 46.7 Å². The van der Waals surface area contributed by atoms with Crippen LogP contribution in [0.4, 0.5) is 9.52 Å². The maximum absolute atomic E-state index is 13.6. The standard InChI is InChI=1S/C21H20Cl2FN3O2S2/c1-14-2-5-17(24)12-20(14)31(28,29)27-8-6-26(7-9-27)21-25-18(13-30-21)10-15-3-4-16(22)11-19(15)23/h2-5,11-13H,6-10H2,1H3. The third-order valence-corrected chi connectivity index (χ3v) is 8.78. The van der Waals surface area contributed by atoms with Crippen molar-refractivity contribution in [3.05, 3.63) is 74.5 Å². The number of anilines is 1. The maximum Gasteiger partial charge on any atom is 0.243 e. The molecule has 0 aliphatic carbocycles. The Morgan fingerprint density at radius 3 is 2.55 bits per heavy atom. The smallest absolute Gasteiger partial charge is 0.243 e. The Balaban J connectivity index is 1.43. The Bertz CT molecular complexity index is 1210. The zero-order valence-corrected chi connectivity index (χ0v) is 19.8. The molecule has 2 heterocycles. The highest BCUT2D eigenvalue weighted by molar-refractivity contribution is 7.89. The number of hydrogen-bond donors (Lipinski definition) is 0. The molecule has 0 spiro atoms. The van der Waals surface area contributed by atoms with E-state index in [2.05, 4.69) is 4.90 Å². The van der Waals surface area contributed by atoms with Crippen molar-refractivity contribution in [1.82, 2.24) is 9.29 Å². The van der Waals surface area contributed by atoms with Gasteiger partial charge < -0.3 is 4.90 Å². The van der Waals surface area contributed by atoms with Gasteiger partial charge in [0.1, 0.15) is 5.82 Å². The summed E-state index contributed by atoms with van der Waals surface area (Å²) in [6.45, 7) is 3.34. The Hall–Kier alpha value is -1.71. The lowest BCUT2D eigenvalue weighted by molar-refractivity contribution is 0.384. The van der Waals surface area contributed by atoms with E-state index in [9.17, 15) is 12.8 Å². The third-order valence-electron chi connectivity index (χ3n) is 5.20. The van der Waals surface area contributed by atoms with Crippen molar-refractivity contribution in [1.29, 1.82) is 0 Å². The molecule has 0 amide bonds. The first-order chi connectivity index (χ1) is 14.7. The summed E-state index contributed by atoms with van der Waals surface area (Å²) >= 11 is 13.7. The molecule has 0 saturated carbocycles. The Morgan fingerprint density at radius 1 is 1.10 bits per heavy atom. The molecule has 1 aromatic heterocycles. The molecule has 1 saturated heterocycles. The number of nitrogens with zero attached hydrogens (tertiary/aromatic N) is 3. The zero-order valence-electron chi connectivity index (χ0n) is 16.7. The molecule has 1 fully saturated rings. The normalized spacial score (nSPS) is 15.4. The van der Waals surface area contributed by atoms with Crippen molar-refractivity contribution in [2.45, 2.75) is 18.2 Å². The van der Waals surface area contributed by atoms with E-state index < -0.39 is 15.8 Å². The molecule has 3 aromatic rings. The fraction of sp³-hybridized carbons (Fsp3) is 0.286. The van der Waals surface area contributed by atoms with Crippen LogP contribution in [0.2, 0.25) is 10.0 Å². The maximum atomic E-state index is 13.6. The molecule has 5 nitrogen and oxygen atoms in total. The van der Waals surface area contributed by atoms with Gasteiger partial charge in [0.05, 0.1) is 10.6 Å². The monoisotopic (exact) mass is 499 g/mol. The fourth-order valence-corrected chi connectivity index (χ4v) is 6.51. The van der Waals surface area contributed by atoms with Crippen LogP contribution < -0.4 is 4.90 Å². The zero-order chi connectivity index (χ0) is 22.2. The van der Waals surface area contributed by atoms with Crippen molar-refractivity contribution in [3.8, 4) is 0 Å². The van der Waals surface area contributed by atoms with E-state index in [1.54, 1.807) is 19.1 Å². The molecule has 0 radical (unpaired) electrons. The minimum Gasteiger partial charge on any atom is -0.345 e. The van der Waals surface area contributed by atoms with E-state index in [-0.39, 0.29) is 4.90 Å². The predicted octanol–water partition coefficient (Wildman–Crippen LogP) is 5.00. The average molecular weight is 500 g/mol. The second-order valence-corrected chi connectivity index (χ2v) is 10.9. The summed E-state index contributed by atoms with van der Waals surface area (Å²) in [6.07, 6.45) is 0.597. The summed E-state index contributed by atoms with van der Waals surface area (Å²) in [5.74, 6) is -0.557. The SMILES string of the molecule is Cc1ccc(F)cc1S(=O)(=O)N1CCN(c2nc(Cc3ccc(Cl)cc3Cl)cs2)CC1. The molecule has 0 N–H and O–H groups in total. The highest BCUT2D eigenvalue weighted by Gasteiger charge is 2.30. The first kappa shape index (κ1) is 22.5. The Kier molecular flexibility index (Phi) is 6.55. The summed E-state index contributed by atoms with van der Waals surface area (Å²) in [4.78, 5) is 6.80. The van der Waals surface area contributed by atoms with Gasteiger partial charge >= 0.3 is 0 Å². The predicted molar refractivity (Wildman–Crippen MR) is 123 cm³/mol. The largest absolute Gasteiger partial charge is 0.345 e. The van der Waals surface area contributed by atoms with Gasteiger partial charge in [0.2, 0.25) is 10.0 Å². The lowest BCUT2D eigenvalue weighted by atomic mass is 10.1. The van der Waals surface area contributed by atoms with Crippen LogP contribution in [0.1, 0.15) is 16.8 Å². The summed E-state index contributed by atoms with van der Waals surface area (Å²) in [5.41, 5.74) is 2.38. The highest BCUT2D eigenvalue weighted by Crippen LogP contribution is 2.28. The van der Waals surface area contributed by atoms with E-state index in [0.717, 1.165) is 22.5 Å². The van der Waals surface area contributed by atoms with Gasteiger partial charge in [-0.25, -0.2) is 17.8 Å². The van der Waals surface area contributed by atoms with E-state index in [4.69, 9.17) is 28.2 Å². The van der Waals surface area contributed by atoms with Gasteiger partial charge in [-0.05, 0) is 42.3 Å². The summed E-state index contributed by atoms with van der Waals surface area (Å²) in [5, 5.41) is 4.03. The Morgan fingerprint density at radius 2 is 1.84 bits per heavy atom. The number of aromatic nitrogens is 1. The van der Waals surface area contributed by atoms with Crippen LogP contribution in [-0.2, 0) is 16.4 Å². The molecule has 1 aliphatic heterocycles. The molecule has 0 atom stereocenters. The molecule has 164 valence electrons. The molecule has 0 unspecified atom stereocenters. The number of aryl methyl sites for hydroxylation is 1. The van der Waals surface area contributed by atoms with Crippen molar-refractivity contribution in [2.75, 3.05) is 31.1 Å². The van der Waals surface area contributed by atoms with Crippen LogP contribution in [0, 0.1) is 12.7 Å². The quantitative estimate of drug-likeness (QED) is 0.495. The van der Waals surface area contributed by atoms with Gasteiger partial charge in [0.25, 0.3) is 0 Å². The number of piperazine rings is 1. The van der Waals surface area contributed by atoms with Gasteiger partial charge in [-0.2, -0.15) is 4.31 Å². The van der Waals surface area contributed by atoms with Crippen LogP contribution in [0.3, 0.4) is 0 Å². The molecule has 4 rings (SSSR count). The molecule has 2 aromatic carbocycles. The molecule has 10 heteroatoms. The van der Waals surface area contributed by atoms with Crippen molar-refractivity contribution < 1.29 is 12.8 Å². The minimum atomic E-state index is -3.74. The molecule has 31 heavy (non-hydrogen) atoms. The summed E-state index contributed by atoms with van der Waals surface area (Å²) in [6, 6.07) is 9.25. The molecule has 1 aliphatic rings. The van der Waals surface area contributed by atoms with Gasteiger partial charge in [-0.3, -0.25) is 0 Å². The van der Waals surface area contributed by atoms with E-state index in [0.29, 0.717) is 48.2 Å². The van der Waals surface area contributed by atoms with E-state index >= 15 is 0 Å². The first-order valence-electron chi connectivity index (χ1n) is 9.63. The van der Waals surface area contributed by atoms with Crippen molar-refractivity contribution in [3.63, 3.8) is 0 Å². The topological polar surface area (TPSA) is 53.5 Å². The Labute approximate surface area is 195 Å². The molecule has 0 bridgehead atoms. The second-order valence-electron chi connectivity index (χ2n) is 7.33. The molecular weight excluding hydrogens is 480 g/mol. The average Bonchev–Trinajstić information content (AvgIpc) is 3.20. The van der Waals surface area contributed by atoms with Gasteiger partial charge in [0.15, 0.2) is 5.13 Å². The summed E-state index contributed by atoms with van der Waals surface area (Å²) < 4.78 is 41.0. The number of benzene rings is 2. The number of thiazole rings is 1. The van der Waals surface area contributed by atoms with Crippen LogP contribution in [-0.4, -0.2) is 43.9 Å². The second kappa shape index (κ2) is 9.03. The number of rotatable bonds is 5. The fourth-order valence-electron chi connectivity index (χ4n) is 3.49. The van der Waals surface area contributed by atoms with Gasteiger partial charge in [-0.15, -0.1) is 11.3 Å². The summed E-state index contributed by atoms with van der Waals surface area (Å²) in [7, 11) is -3.74. The lowest BCUT2D eigenvalue weighted by Gasteiger charge is -2.34. The molecular formula is C21H20Cl2FN3O2S2. The van der Waals surface area contributed by atoms with Crippen molar-refractivity contribution in [2.24, 2.45) is 0 Å². The van der Waals surface area contributed by atoms with Gasteiger partial charge in [0, 0.05) is 48.0 Å². The number of sulfonamides is 1. The number of hydrogen-bond acceptors (Lipinski definition) is 5. The first-order valence-corrected chi connectivity index (χ1v) is 12.7. The minimum absolute atomic E-state index is 0.0253. The van der Waals surface area contributed by atoms with Crippen LogP contribution >= 0.6 is 34.5 Å². The highest BCUT2D eigenvalue weighted by atomic mass is 35.5. The lowest BCUT2D eigenvalue weighted by Crippen LogP contribution is -2.48. The van der Waals surface area contributed by atoms with E-state index in [1.165, 1.54) is 27.8 Å². The number of halogens is 3. The third kappa shape index (κ3) is 4.88. The van der Waals surface area contributed by atoms with E-state index in [1.807, 2.05) is 11.4 Å². The van der Waals surface area contributed by atoms with Crippen LogP contribution in [0.5, 0.6) is 0 Å². The van der Waals surface area contributed by atoms with Crippen LogP contribution in [0.25, 0.3) is 0 Å².